The van der Waals surface area contributed by atoms with Gasteiger partial charge < -0.3 is 9.47 Å². The fourth-order valence-electron chi connectivity index (χ4n) is 4.28. The molecule has 11 heteroatoms. The molecular formula is C34H44FN3O6S. The largest absolute Gasteiger partial charge is 0.459 e. The van der Waals surface area contributed by atoms with Crippen LogP contribution in [0.3, 0.4) is 0 Å². The van der Waals surface area contributed by atoms with E-state index in [4.69, 9.17) is 9.47 Å². The van der Waals surface area contributed by atoms with Crippen molar-refractivity contribution in [2.24, 2.45) is 0 Å². The molecule has 1 heterocycles. The molecule has 0 aliphatic heterocycles. The number of sulfonamides is 1. The van der Waals surface area contributed by atoms with Gasteiger partial charge in [-0.2, -0.15) is 4.31 Å². The minimum absolute atomic E-state index is 0.0605. The molecule has 0 atom stereocenters. The summed E-state index contributed by atoms with van der Waals surface area (Å²) in [6.45, 7) is 15.7. The first-order valence-corrected chi connectivity index (χ1v) is 16.1. The Morgan fingerprint density at radius 2 is 1.38 bits per heavy atom. The number of carbonyl (C=O) groups is 2. The van der Waals surface area contributed by atoms with Crippen LogP contribution in [-0.4, -0.2) is 47.5 Å². The second-order valence-electron chi connectivity index (χ2n) is 13.8. The van der Waals surface area contributed by atoms with Crippen molar-refractivity contribution in [3.05, 3.63) is 89.4 Å². The quantitative estimate of drug-likeness (QED) is 0.232. The molecule has 0 N–H and O–H groups in total. The highest BCUT2D eigenvalue weighted by atomic mass is 32.2. The molecule has 0 aliphatic rings. The first-order chi connectivity index (χ1) is 20.7. The van der Waals surface area contributed by atoms with Gasteiger partial charge in [0, 0.05) is 6.54 Å². The molecule has 2 aromatic carbocycles. The summed E-state index contributed by atoms with van der Waals surface area (Å²) in [5.41, 5.74) is 0.278. The van der Waals surface area contributed by atoms with E-state index in [0.717, 1.165) is 20.8 Å². The number of rotatable bonds is 9. The number of ether oxygens (including phenoxy) is 2. The van der Waals surface area contributed by atoms with Crippen LogP contribution in [0.15, 0.2) is 71.6 Å². The molecule has 0 saturated carbocycles. The van der Waals surface area contributed by atoms with E-state index in [1.165, 1.54) is 24.3 Å². The summed E-state index contributed by atoms with van der Waals surface area (Å²) >= 11 is 0. The molecule has 3 rings (SSSR count). The lowest BCUT2D eigenvalue weighted by atomic mass is 9.87. The zero-order valence-electron chi connectivity index (χ0n) is 27.5. The third kappa shape index (κ3) is 10.4. The number of nitrogens with zero attached hydrogens (tertiary/aromatic N) is 3. The number of hydrogen-bond acceptors (Lipinski definition) is 7. The number of anilines is 1. The summed E-state index contributed by atoms with van der Waals surface area (Å²) in [5, 5.41) is 0. The van der Waals surface area contributed by atoms with Gasteiger partial charge in [0.05, 0.1) is 12.2 Å². The Hall–Kier alpha value is -3.83. The van der Waals surface area contributed by atoms with E-state index in [-0.39, 0.29) is 30.0 Å². The highest BCUT2D eigenvalue weighted by molar-refractivity contribution is 7.89. The Kier molecular flexibility index (Phi) is 10.8. The summed E-state index contributed by atoms with van der Waals surface area (Å²) < 4.78 is 54.6. The molecule has 0 unspecified atom stereocenters. The monoisotopic (exact) mass is 641 g/mol. The molecule has 1 aromatic heterocycles. The van der Waals surface area contributed by atoms with Crippen LogP contribution in [0.2, 0.25) is 0 Å². The number of pyridine rings is 1. The normalized spacial score (nSPS) is 12.6. The fraction of sp³-hybridized carbons (Fsp3) is 0.441. The van der Waals surface area contributed by atoms with E-state index in [0.29, 0.717) is 5.56 Å². The van der Waals surface area contributed by atoms with Crippen molar-refractivity contribution in [3.63, 3.8) is 0 Å². The van der Waals surface area contributed by atoms with Crippen LogP contribution in [0.25, 0.3) is 0 Å². The van der Waals surface area contributed by atoms with Gasteiger partial charge >= 0.3 is 12.1 Å². The van der Waals surface area contributed by atoms with Crippen molar-refractivity contribution in [2.75, 3.05) is 11.4 Å². The van der Waals surface area contributed by atoms with Crippen LogP contribution in [0.1, 0.15) is 79.1 Å². The average Bonchev–Trinajstić information content (AvgIpc) is 2.89. The molecule has 45 heavy (non-hydrogen) atoms. The Bertz CT molecular complexity index is 1600. The maximum atomic E-state index is 14.8. The summed E-state index contributed by atoms with van der Waals surface area (Å²) in [6.07, 6.45) is -0.826. The number of halogens is 1. The Balaban J connectivity index is 2.03. The third-order valence-electron chi connectivity index (χ3n) is 6.36. The fourth-order valence-corrected chi connectivity index (χ4v) is 5.74. The van der Waals surface area contributed by atoms with Gasteiger partial charge in [-0.3, -0.25) is 9.69 Å². The number of esters is 1. The highest BCUT2D eigenvalue weighted by Gasteiger charge is 2.31. The molecule has 0 radical (unpaired) electrons. The summed E-state index contributed by atoms with van der Waals surface area (Å²) in [6, 6.07) is 17.5. The van der Waals surface area contributed by atoms with Crippen LogP contribution in [0, 0.1) is 5.82 Å². The standard InChI is InChI=1S/C34H44FN3O6S/c1-32(2,3)25-19-17-24(18-20-25)21-37(45(41,42)28-15-11-10-14-27(28)35)22-26-13-12-16-29(36-26)38(31(40)44-34(7,8)9)23-30(39)43-33(4,5)6/h10-20H,21-23H2,1-9H3. The first-order valence-electron chi connectivity index (χ1n) is 14.7. The van der Waals surface area contributed by atoms with Gasteiger partial charge in [-0.15, -0.1) is 0 Å². The molecular weight excluding hydrogens is 597 g/mol. The van der Waals surface area contributed by atoms with Gasteiger partial charge in [0.15, 0.2) is 0 Å². The minimum Gasteiger partial charge on any atom is -0.459 e. The lowest BCUT2D eigenvalue weighted by molar-refractivity contribution is -0.153. The predicted octanol–water partition coefficient (Wildman–Crippen LogP) is 6.99. The third-order valence-corrected chi connectivity index (χ3v) is 8.19. The van der Waals surface area contributed by atoms with Gasteiger partial charge in [0.25, 0.3) is 0 Å². The van der Waals surface area contributed by atoms with Crippen LogP contribution >= 0.6 is 0 Å². The number of hydrogen-bond donors (Lipinski definition) is 0. The number of amides is 1. The van der Waals surface area contributed by atoms with Crippen LogP contribution in [0.5, 0.6) is 0 Å². The van der Waals surface area contributed by atoms with E-state index in [1.54, 1.807) is 53.7 Å². The zero-order valence-corrected chi connectivity index (χ0v) is 28.4. The maximum absolute atomic E-state index is 14.8. The summed E-state index contributed by atoms with van der Waals surface area (Å²) in [7, 11) is -4.34. The van der Waals surface area contributed by atoms with Crippen LogP contribution < -0.4 is 4.90 Å². The first kappa shape index (κ1) is 35.6. The van der Waals surface area contributed by atoms with Crippen LogP contribution in [-0.2, 0) is 42.8 Å². The molecule has 1 amide bonds. The average molecular weight is 642 g/mol. The Morgan fingerprint density at radius 1 is 0.778 bits per heavy atom. The van der Waals surface area contributed by atoms with Crippen LogP contribution in [0.4, 0.5) is 15.0 Å². The molecule has 9 nitrogen and oxygen atoms in total. The van der Waals surface area contributed by atoms with E-state index >= 15 is 0 Å². The topological polar surface area (TPSA) is 106 Å². The van der Waals surface area contributed by atoms with Crippen molar-refractivity contribution < 1.29 is 31.9 Å². The molecule has 0 aliphatic carbocycles. The van der Waals surface area contributed by atoms with Crippen molar-refractivity contribution >= 4 is 27.9 Å². The zero-order chi connectivity index (χ0) is 33.8. The smallest absolute Gasteiger partial charge is 0.416 e. The molecule has 0 spiro atoms. The van der Waals surface area contributed by atoms with Gasteiger partial charge in [-0.1, -0.05) is 63.2 Å². The molecule has 244 valence electrons. The predicted molar refractivity (Wildman–Crippen MR) is 172 cm³/mol. The summed E-state index contributed by atoms with van der Waals surface area (Å²) in [4.78, 5) is 31.1. The van der Waals surface area contributed by atoms with E-state index < -0.39 is 50.5 Å². The lowest BCUT2D eigenvalue weighted by Gasteiger charge is -2.28. The molecule has 3 aromatic rings. The second-order valence-corrected chi connectivity index (χ2v) is 15.7. The van der Waals surface area contributed by atoms with E-state index in [1.807, 2.05) is 24.3 Å². The van der Waals surface area contributed by atoms with Gasteiger partial charge in [-0.25, -0.2) is 22.6 Å². The maximum Gasteiger partial charge on any atom is 0.416 e. The van der Waals surface area contributed by atoms with Crippen molar-refractivity contribution in [3.8, 4) is 0 Å². The van der Waals surface area contributed by atoms with Crippen molar-refractivity contribution in [1.29, 1.82) is 0 Å². The summed E-state index contributed by atoms with van der Waals surface area (Å²) in [5.74, 6) is -1.49. The lowest BCUT2D eigenvalue weighted by Crippen LogP contribution is -2.42. The Labute approximate surface area is 266 Å². The minimum atomic E-state index is -4.34. The van der Waals surface area contributed by atoms with Gasteiger partial charge in [0.2, 0.25) is 10.0 Å². The number of benzene rings is 2. The van der Waals surface area contributed by atoms with E-state index in [9.17, 15) is 22.4 Å². The Morgan fingerprint density at radius 3 is 1.93 bits per heavy atom. The molecule has 0 bridgehead atoms. The SMILES string of the molecule is CC(C)(C)OC(=O)CN(C(=O)OC(C)(C)C)c1cccc(CN(Cc2ccc(C(C)(C)C)cc2)S(=O)(=O)c2ccccc2F)n1. The van der Waals surface area contributed by atoms with Gasteiger partial charge in [-0.05, 0) is 82.3 Å². The molecule has 0 fully saturated rings. The van der Waals surface area contributed by atoms with Crippen molar-refractivity contribution in [1.82, 2.24) is 9.29 Å². The van der Waals surface area contributed by atoms with Gasteiger partial charge in [0.1, 0.15) is 34.3 Å². The highest BCUT2D eigenvalue weighted by Crippen LogP contribution is 2.27. The number of carbonyl (C=O) groups excluding carboxylic acids is 2. The van der Waals surface area contributed by atoms with Crippen molar-refractivity contribution in [2.45, 2.75) is 96.9 Å². The number of aromatic nitrogens is 1. The second kappa shape index (κ2) is 13.7. The van der Waals surface area contributed by atoms with E-state index in [2.05, 4.69) is 25.8 Å². The molecule has 0 saturated heterocycles.